The van der Waals surface area contributed by atoms with Crippen molar-refractivity contribution in [2.75, 3.05) is 12.3 Å². The average molecular weight is 705 g/mol. The van der Waals surface area contributed by atoms with Gasteiger partial charge < -0.3 is 24.8 Å². The third kappa shape index (κ3) is 8.40. The van der Waals surface area contributed by atoms with Crippen molar-refractivity contribution in [2.24, 2.45) is 5.92 Å². The molecule has 5 atom stereocenters. The lowest BCUT2D eigenvalue weighted by Crippen LogP contribution is -2.50. The van der Waals surface area contributed by atoms with Crippen molar-refractivity contribution in [3.8, 4) is 11.1 Å². The number of benzene rings is 4. The summed E-state index contributed by atoms with van der Waals surface area (Å²) in [6.45, 7) is 2.13. The second-order valence-electron chi connectivity index (χ2n) is 12.6. The standard InChI is InChI=1S/C39H39F3N2O5S/c1-25-34(24-50-32-9-3-2-4-10-32)48-37(49-35(25)29-14-12-26(23-45)13-15-29)30-18-16-28(17-19-30)31-8-5-7-27(21-31)22-43-36(46)33-11-6-20-44(33)38(47)39(40,41)42/h2-5,7-10,12-19,21,25,33-35,37,45H,6,11,20,22-24H2,1H3,(H,43,46)/t25-,33-,34+,35+,37+/m0/s1. The number of hydrogen-bond acceptors (Lipinski definition) is 6. The predicted octanol–water partition coefficient (Wildman–Crippen LogP) is 7.60. The van der Waals surface area contributed by atoms with E-state index in [4.69, 9.17) is 9.47 Å². The molecule has 0 aliphatic carbocycles. The summed E-state index contributed by atoms with van der Waals surface area (Å²) in [4.78, 5) is 26.4. The Hall–Kier alpha value is -4.16. The molecule has 0 radical (unpaired) electrons. The molecular formula is C39H39F3N2O5S. The maximum atomic E-state index is 13.0. The zero-order valence-corrected chi connectivity index (χ0v) is 28.3. The Bertz CT molecular complexity index is 1750. The van der Waals surface area contributed by atoms with Gasteiger partial charge >= 0.3 is 12.1 Å². The molecule has 2 aliphatic rings. The molecule has 2 heterocycles. The van der Waals surface area contributed by atoms with Gasteiger partial charge in [-0.1, -0.05) is 91.9 Å². The summed E-state index contributed by atoms with van der Waals surface area (Å²) in [6.07, 6.45) is -5.42. The monoisotopic (exact) mass is 704 g/mol. The van der Waals surface area contributed by atoms with Crippen molar-refractivity contribution in [1.82, 2.24) is 10.2 Å². The number of aliphatic hydroxyl groups is 1. The highest BCUT2D eigenvalue weighted by atomic mass is 32.2. The Morgan fingerprint density at radius 2 is 1.60 bits per heavy atom. The van der Waals surface area contributed by atoms with E-state index in [1.807, 2.05) is 91.0 Å². The molecular weight excluding hydrogens is 665 g/mol. The zero-order valence-electron chi connectivity index (χ0n) is 27.5. The van der Waals surface area contributed by atoms with E-state index in [1.165, 1.54) is 4.90 Å². The van der Waals surface area contributed by atoms with E-state index in [0.717, 1.165) is 39.1 Å². The maximum Gasteiger partial charge on any atom is 0.471 e. The van der Waals surface area contributed by atoms with Crippen LogP contribution in [-0.4, -0.2) is 52.4 Å². The molecule has 2 amide bonds. The summed E-state index contributed by atoms with van der Waals surface area (Å²) in [6, 6.07) is 32.4. The highest BCUT2D eigenvalue weighted by molar-refractivity contribution is 7.99. The van der Waals surface area contributed by atoms with Gasteiger partial charge in [0.2, 0.25) is 5.91 Å². The number of rotatable bonds is 10. The quantitative estimate of drug-likeness (QED) is 0.166. The lowest BCUT2D eigenvalue weighted by atomic mass is 9.91. The smallest absolute Gasteiger partial charge is 0.392 e. The van der Waals surface area contributed by atoms with Crippen LogP contribution < -0.4 is 5.32 Å². The topological polar surface area (TPSA) is 88.1 Å². The fraction of sp³-hybridized carbons (Fsp3) is 0.333. The van der Waals surface area contributed by atoms with E-state index >= 15 is 0 Å². The minimum absolute atomic E-state index is 0.0277. The molecule has 4 aromatic carbocycles. The first-order chi connectivity index (χ1) is 24.1. The summed E-state index contributed by atoms with van der Waals surface area (Å²) in [5.41, 5.74) is 5.32. The summed E-state index contributed by atoms with van der Waals surface area (Å²) in [5, 5.41) is 12.3. The molecule has 0 bridgehead atoms. The highest BCUT2D eigenvalue weighted by Gasteiger charge is 2.47. The first-order valence-corrected chi connectivity index (χ1v) is 17.6. The minimum Gasteiger partial charge on any atom is -0.392 e. The molecule has 7 nitrogen and oxygen atoms in total. The number of alkyl halides is 3. The molecule has 2 saturated heterocycles. The van der Waals surface area contributed by atoms with Crippen LogP contribution in [0.5, 0.6) is 0 Å². The number of likely N-dealkylation sites (tertiary alicyclic amines) is 1. The second kappa shape index (κ2) is 15.8. The zero-order chi connectivity index (χ0) is 35.3. The Labute approximate surface area is 293 Å². The number of nitrogens with zero attached hydrogens (tertiary/aromatic N) is 1. The first kappa shape index (κ1) is 35.7. The number of aliphatic hydroxyl groups excluding tert-OH is 1. The van der Waals surface area contributed by atoms with Crippen LogP contribution in [-0.2, 0) is 32.2 Å². The third-order valence-corrected chi connectivity index (χ3v) is 10.4. The van der Waals surface area contributed by atoms with Gasteiger partial charge in [-0.15, -0.1) is 11.8 Å². The van der Waals surface area contributed by atoms with Crippen molar-refractivity contribution >= 4 is 23.6 Å². The maximum absolute atomic E-state index is 13.0. The molecule has 2 aliphatic heterocycles. The molecule has 2 fully saturated rings. The van der Waals surface area contributed by atoms with Gasteiger partial charge in [0.25, 0.3) is 0 Å². The van der Waals surface area contributed by atoms with Crippen molar-refractivity contribution in [3.05, 3.63) is 125 Å². The van der Waals surface area contributed by atoms with E-state index in [-0.39, 0.29) is 44.2 Å². The Morgan fingerprint density at radius 1 is 0.880 bits per heavy atom. The summed E-state index contributed by atoms with van der Waals surface area (Å²) in [7, 11) is 0. The summed E-state index contributed by atoms with van der Waals surface area (Å²) >= 11 is 1.74. The fourth-order valence-corrected chi connectivity index (χ4v) is 7.54. The third-order valence-electron chi connectivity index (χ3n) is 9.25. The average Bonchev–Trinajstić information content (AvgIpc) is 3.63. The van der Waals surface area contributed by atoms with Crippen LogP contribution in [0.3, 0.4) is 0 Å². The van der Waals surface area contributed by atoms with Crippen molar-refractivity contribution in [3.63, 3.8) is 0 Å². The lowest BCUT2D eigenvalue weighted by molar-refractivity contribution is -0.268. The summed E-state index contributed by atoms with van der Waals surface area (Å²) < 4.78 is 52.2. The van der Waals surface area contributed by atoms with Crippen molar-refractivity contribution < 1.29 is 37.3 Å². The van der Waals surface area contributed by atoms with E-state index in [9.17, 15) is 27.9 Å². The van der Waals surface area contributed by atoms with E-state index in [1.54, 1.807) is 11.8 Å². The first-order valence-electron chi connectivity index (χ1n) is 16.6. The number of hydrogen-bond donors (Lipinski definition) is 2. The molecule has 50 heavy (non-hydrogen) atoms. The lowest BCUT2D eigenvalue weighted by Gasteiger charge is -2.41. The minimum atomic E-state index is -5.02. The van der Waals surface area contributed by atoms with E-state index in [2.05, 4.69) is 24.4 Å². The van der Waals surface area contributed by atoms with E-state index in [0.29, 0.717) is 11.3 Å². The molecule has 11 heteroatoms. The molecule has 0 aromatic heterocycles. The van der Waals surface area contributed by atoms with Crippen molar-refractivity contribution in [1.29, 1.82) is 0 Å². The highest BCUT2D eigenvalue weighted by Crippen LogP contribution is 2.43. The van der Waals surface area contributed by atoms with Crippen LogP contribution in [0.4, 0.5) is 13.2 Å². The van der Waals surface area contributed by atoms with Gasteiger partial charge in [-0.05, 0) is 58.9 Å². The number of ether oxygens (including phenoxy) is 2. The number of amides is 2. The fourth-order valence-electron chi connectivity index (χ4n) is 6.45. The largest absolute Gasteiger partial charge is 0.471 e. The predicted molar refractivity (Wildman–Crippen MR) is 185 cm³/mol. The Balaban J connectivity index is 1.14. The normalized spacial score (nSPS) is 22.3. The van der Waals surface area contributed by atoms with Gasteiger partial charge in [-0.2, -0.15) is 13.2 Å². The van der Waals surface area contributed by atoms with Gasteiger partial charge in [0, 0.05) is 35.2 Å². The van der Waals surface area contributed by atoms with Gasteiger partial charge in [-0.25, -0.2) is 0 Å². The van der Waals surface area contributed by atoms with Gasteiger partial charge in [-0.3, -0.25) is 9.59 Å². The molecule has 0 unspecified atom stereocenters. The molecule has 262 valence electrons. The van der Waals surface area contributed by atoms with Crippen LogP contribution in [0.1, 0.15) is 54.4 Å². The number of nitrogens with one attached hydrogen (secondary N) is 1. The van der Waals surface area contributed by atoms with Gasteiger partial charge in [0.1, 0.15) is 6.04 Å². The second-order valence-corrected chi connectivity index (χ2v) is 13.7. The van der Waals surface area contributed by atoms with Gasteiger partial charge in [0.05, 0.1) is 18.8 Å². The van der Waals surface area contributed by atoms with Crippen LogP contribution in [0.25, 0.3) is 11.1 Å². The molecule has 0 spiro atoms. The molecule has 0 saturated carbocycles. The SMILES string of the molecule is C[C@H]1[C@@H](CSc2ccccc2)O[C@@H](c2ccc(-c3cccc(CNC(=O)[C@@H]4CCCN4C(=O)C(F)(F)F)c3)cc2)O[C@H]1c1ccc(CO)cc1. The molecule has 6 rings (SSSR count). The van der Waals surface area contributed by atoms with Crippen molar-refractivity contribution in [2.45, 2.75) is 68.5 Å². The van der Waals surface area contributed by atoms with Crippen LogP contribution in [0, 0.1) is 5.92 Å². The van der Waals surface area contributed by atoms with Crippen LogP contribution in [0.2, 0.25) is 0 Å². The van der Waals surface area contributed by atoms with Gasteiger partial charge in [0.15, 0.2) is 6.29 Å². The molecule has 2 N–H and O–H groups in total. The summed E-state index contributed by atoms with van der Waals surface area (Å²) in [5.74, 6) is -1.77. The number of halogens is 3. The Morgan fingerprint density at radius 3 is 2.30 bits per heavy atom. The van der Waals surface area contributed by atoms with E-state index < -0.39 is 30.3 Å². The number of carbonyl (C=O) groups excluding carboxylic acids is 2. The molecule has 4 aromatic rings. The Kier molecular flexibility index (Phi) is 11.3. The van der Waals surface area contributed by atoms with Crippen LogP contribution in [0.15, 0.2) is 108 Å². The number of carbonyl (C=O) groups is 2. The van der Waals surface area contributed by atoms with Crippen LogP contribution >= 0.6 is 11.8 Å². The number of thioether (sulfide) groups is 1.